The molecule has 0 N–H and O–H groups in total. The molecule has 1 aromatic heterocycles. The summed E-state index contributed by atoms with van der Waals surface area (Å²) < 4.78 is 26.3. The van der Waals surface area contributed by atoms with Gasteiger partial charge in [0.05, 0.1) is 4.88 Å². The first-order valence-electron chi connectivity index (χ1n) is 8.54. The molecular formula is C19H18F2N2O3S. The van der Waals surface area contributed by atoms with E-state index < -0.39 is 17.5 Å². The van der Waals surface area contributed by atoms with Crippen molar-refractivity contribution in [2.75, 3.05) is 26.2 Å². The normalized spacial score (nSPS) is 14.3. The molecule has 0 aliphatic carbocycles. The molecule has 2 heterocycles. The van der Waals surface area contributed by atoms with Crippen LogP contribution in [0.1, 0.15) is 32.9 Å². The fraction of sp³-hybridized carbons (Fsp3) is 0.316. The van der Waals surface area contributed by atoms with Crippen molar-refractivity contribution in [3.63, 3.8) is 0 Å². The highest BCUT2D eigenvalue weighted by molar-refractivity contribution is 7.12. The van der Waals surface area contributed by atoms with E-state index in [1.165, 1.54) is 22.3 Å². The lowest BCUT2D eigenvalue weighted by atomic mass is 10.1. The zero-order valence-electron chi connectivity index (χ0n) is 14.5. The van der Waals surface area contributed by atoms with Gasteiger partial charge in [-0.05, 0) is 29.6 Å². The largest absolute Gasteiger partial charge is 0.339 e. The van der Waals surface area contributed by atoms with E-state index in [1.54, 1.807) is 17.0 Å². The van der Waals surface area contributed by atoms with Crippen molar-refractivity contribution in [2.24, 2.45) is 0 Å². The Bertz CT molecular complexity index is 847. The van der Waals surface area contributed by atoms with Crippen molar-refractivity contribution in [3.05, 3.63) is 57.8 Å². The molecular weight excluding hydrogens is 374 g/mol. The summed E-state index contributed by atoms with van der Waals surface area (Å²) in [7, 11) is 0. The van der Waals surface area contributed by atoms with Crippen LogP contribution in [-0.2, 0) is 4.79 Å². The van der Waals surface area contributed by atoms with Gasteiger partial charge in [0.25, 0.3) is 5.91 Å². The smallest absolute Gasteiger partial charge is 0.254 e. The van der Waals surface area contributed by atoms with Crippen molar-refractivity contribution >= 4 is 28.9 Å². The lowest BCUT2D eigenvalue weighted by Gasteiger charge is -2.34. The Morgan fingerprint density at radius 3 is 2.26 bits per heavy atom. The van der Waals surface area contributed by atoms with Crippen LogP contribution in [0.5, 0.6) is 0 Å². The first-order valence-corrected chi connectivity index (χ1v) is 9.42. The number of benzene rings is 1. The quantitative estimate of drug-likeness (QED) is 0.735. The maximum atomic E-state index is 13.3. The van der Waals surface area contributed by atoms with Crippen LogP contribution in [0.15, 0.2) is 35.7 Å². The monoisotopic (exact) mass is 392 g/mol. The Kier molecular flexibility index (Phi) is 5.95. The standard InChI is InChI=1S/C19H18F2N2O3S/c20-14-4-3-13(12-15(14)21)19(26)23-9-7-22(8-10-23)18(25)6-5-16(24)17-2-1-11-27-17/h1-4,11-12H,5-10H2. The van der Waals surface area contributed by atoms with Crippen molar-refractivity contribution in [2.45, 2.75) is 12.8 Å². The topological polar surface area (TPSA) is 57.7 Å². The number of ketones is 1. The van der Waals surface area contributed by atoms with Gasteiger partial charge in [-0.25, -0.2) is 8.78 Å². The molecule has 0 atom stereocenters. The summed E-state index contributed by atoms with van der Waals surface area (Å²) in [6.07, 6.45) is 0.293. The van der Waals surface area contributed by atoms with Crippen LogP contribution >= 0.6 is 11.3 Å². The van der Waals surface area contributed by atoms with Crippen molar-refractivity contribution in [3.8, 4) is 0 Å². The number of piperazine rings is 1. The van der Waals surface area contributed by atoms with Gasteiger partial charge in [0.2, 0.25) is 5.91 Å². The molecule has 0 unspecified atom stereocenters. The zero-order valence-corrected chi connectivity index (χ0v) is 15.3. The van der Waals surface area contributed by atoms with Crippen molar-refractivity contribution in [1.82, 2.24) is 9.80 Å². The molecule has 0 spiro atoms. The van der Waals surface area contributed by atoms with Crippen molar-refractivity contribution in [1.29, 1.82) is 0 Å². The fourth-order valence-corrected chi connectivity index (χ4v) is 3.60. The van der Waals surface area contributed by atoms with E-state index in [4.69, 9.17) is 0 Å². The molecule has 8 heteroatoms. The average molecular weight is 392 g/mol. The van der Waals surface area contributed by atoms with E-state index in [1.807, 2.05) is 5.38 Å². The Morgan fingerprint density at radius 2 is 1.63 bits per heavy atom. The van der Waals surface area contributed by atoms with E-state index in [2.05, 4.69) is 0 Å². The predicted molar refractivity (Wildman–Crippen MR) is 96.7 cm³/mol. The number of carbonyl (C=O) groups is 3. The average Bonchev–Trinajstić information content (AvgIpc) is 3.22. The Balaban J connectivity index is 1.49. The number of thiophene rings is 1. The predicted octanol–water partition coefficient (Wildman–Crippen LogP) is 2.97. The van der Waals surface area contributed by atoms with E-state index in [0.717, 1.165) is 12.1 Å². The molecule has 1 aliphatic rings. The molecule has 2 amide bonds. The van der Waals surface area contributed by atoms with Crippen LogP contribution in [0.4, 0.5) is 8.78 Å². The van der Waals surface area contributed by atoms with E-state index in [-0.39, 0.29) is 30.1 Å². The van der Waals surface area contributed by atoms with Crippen LogP contribution < -0.4 is 0 Å². The number of halogens is 2. The lowest BCUT2D eigenvalue weighted by Crippen LogP contribution is -2.50. The second-order valence-corrected chi connectivity index (χ2v) is 7.15. The third-order valence-corrected chi connectivity index (χ3v) is 5.36. The minimum Gasteiger partial charge on any atom is -0.339 e. The Morgan fingerprint density at radius 1 is 0.926 bits per heavy atom. The molecule has 5 nitrogen and oxygen atoms in total. The van der Waals surface area contributed by atoms with Gasteiger partial charge in [-0.15, -0.1) is 11.3 Å². The molecule has 0 bridgehead atoms. The first kappa shape index (κ1) is 19.2. The van der Waals surface area contributed by atoms with Crippen LogP contribution in [0.2, 0.25) is 0 Å². The maximum Gasteiger partial charge on any atom is 0.254 e. The van der Waals surface area contributed by atoms with Gasteiger partial charge in [-0.3, -0.25) is 14.4 Å². The summed E-state index contributed by atoms with van der Waals surface area (Å²) in [5.74, 6) is -2.64. The van der Waals surface area contributed by atoms with Gasteiger partial charge < -0.3 is 9.80 Å². The number of Topliss-reactive ketones (excluding diaryl/α,β-unsaturated/α-hetero) is 1. The SMILES string of the molecule is O=C(CCC(=O)N1CCN(C(=O)c2ccc(F)c(F)c2)CC1)c1cccs1. The van der Waals surface area contributed by atoms with E-state index >= 15 is 0 Å². The van der Waals surface area contributed by atoms with Crippen LogP contribution in [0.3, 0.4) is 0 Å². The minimum atomic E-state index is -1.06. The summed E-state index contributed by atoms with van der Waals surface area (Å²) in [4.78, 5) is 40.4. The molecule has 27 heavy (non-hydrogen) atoms. The number of hydrogen-bond donors (Lipinski definition) is 0. The van der Waals surface area contributed by atoms with Gasteiger partial charge in [0.15, 0.2) is 17.4 Å². The van der Waals surface area contributed by atoms with E-state index in [0.29, 0.717) is 31.1 Å². The molecule has 3 rings (SSSR count). The first-order chi connectivity index (χ1) is 13.0. The summed E-state index contributed by atoms with van der Waals surface area (Å²) >= 11 is 1.35. The van der Waals surface area contributed by atoms with Gasteiger partial charge >= 0.3 is 0 Å². The Labute approximate surface area is 159 Å². The summed E-state index contributed by atoms with van der Waals surface area (Å²) in [6, 6.07) is 6.58. The third kappa shape index (κ3) is 4.57. The molecule has 2 aromatic rings. The highest BCUT2D eigenvalue weighted by Gasteiger charge is 2.25. The van der Waals surface area contributed by atoms with E-state index in [9.17, 15) is 23.2 Å². The van der Waals surface area contributed by atoms with Crippen molar-refractivity contribution < 1.29 is 23.2 Å². The number of carbonyl (C=O) groups excluding carboxylic acids is 3. The molecule has 1 saturated heterocycles. The molecule has 1 aliphatic heterocycles. The second-order valence-electron chi connectivity index (χ2n) is 6.20. The van der Waals surface area contributed by atoms with Gasteiger partial charge in [-0.2, -0.15) is 0 Å². The molecule has 0 saturated carbocycles. The number of hydrogen-bond acceptors (Lipinski definition) is 4. The summed E-state index contributed by atoms with van der Waals surface area (Å²) in [5.41, 5.74) is 0.0789. The highest BCUT2D eigenvalue weighted by Crippen LogP contribution is 2.15. The Hall–Kier alpha value is -2.61. The summed E-state index contributed by atoms with van der Waals surface area (Å²) in [6.45, 7) is 1.31. The molecule has 142 valence electrons. The zero-order chi connectivity index (χ0) is 19.4. The van der Waals surface area contributed by atoms with Gasteiger partial charge in [-0.1, -0.05) is 6.07 Å². The van der Waals surface area contributed by atoms with Gasteiger partial charge in [0, 0.05) is 44.6 Å². The lowest BCUT2D eigenvalue weighted by molar-refractivity contribution is -0.132. The summed E-state index contributed by atoms with van der Waals surface area (Å²) in [5, 5.41) is 1.82. The number of nitrogens with zero attached hydrogens (tertiary/aromatic N) is 2. The third-order valence-electron chi connectivity index (χ3n) is 4.45. The molecule has 1 aromatic carbocycles. The molecule has 0 radical (unpaired) electrons. The second kappa shape index (κ2) is 8.39. The minimum absolute atomic E-state index is 0.0505. The molecule has 1 fully saturated rings. The number of rotatable bonds is 5. The maximum absolute atomic E-state index is 13.3. The number of amides is 2. The van der Waals surface area contributed by atoms with Crippen LogP contribution in [0, 0.1) is 11.6 Å². The fourth-order valence-electron chi connectivity index (χ4n) is 2.91. The highest BCUT2D eigenvalue weighted by atomic mass is 32.1. The van der Waals surface area contributed by atoms with Crippen LogP contribution in [-0.4, -0.2) is 53.6 Å². The van der Waals surface area contributed by atoms with Crippen LogP contribution in [0.25, 0.3) is 0 Å². The van der Waals surface area contributed by atoms with Gasteiger partial charge in [0.1, 0.15) is 0 Å².